The average Bonchev–Trinajstić information content (AvgIpc) is 3.27. The number of alkyl halides is 3. The highest BCUT2D eigenvalue weighted by Gasteiger charge is 2.41. The van der Waals surface area contributed by atoms with Gasteiger partial charge in [0.25, 0.3) is 0 Å². The maximum Gasteiger partial charge on any atom is 0.418 e. The summed E-state index contributed by atoms with van der Waals surface area (Å²) in [5, 5.41) is 4.06. The first-order valence-electron chi connectivity index (χ1n) is 11.1. The van der Waals surface area contributed by atoms with Crippen molar-refractivity contribution >= 4 is 17.3 Å². The summed E-state index contributed by atoms with van der Waals surface area (Å²) in [6.45, 7) is 6.61. The molecule has 0 radical (unpaired) electrons. The maximum atomic E-state index is 13.8. The fraction of sp³-hybridized carbons (Fsp3) is 0.360. The van der Waals surface area contributed by atoms with Gasteiger partial charge in [0.05, 0.1) is 29.0 Å². The Bertz CT molecular complexity index is 1140. The molecule has 3 aromatic rings. The summed E-state index contributed by atoms with van der Waals surface area (Å²) in [6.07, 6.45) is -0.726. The molecule has 1 saturated heterocycles. The van der Waals surface area contributed by atoms with Crippen LogP contribution in [0.3, 0.4) is 0 Å². The van der Waals surface area contributed by atoms with Gasteiger partial charge in [-0.1, -0.05) is 31.5 Å². The number of thiocarbonyl (C=S) groups is 1. The zero-order valence-corrected chi connectivity index (χ0v) is 19.7. The van der Waals surface area contributed by atoms with E-state index in [9.17, 15) is 13.2 Å². The monoisotopic (exact) mass is 472 g/mol. The van der Waals surface area contributed by atoms with E-state index >= 15 is 0 Å². The minimum absolute atomic E-state index is 0.134. The normalized spacial score (nSPS) is 18.6. The van der Waals surface area contributed by atoms with Crippen LogP contribution in [0.4, 0.5) is 13.2 Å². The molecule has 0 unspecified atom stereocenters. The van der Waals surface area contributed by atoms with E-state index in [1.54, 1.807) is 16.8 Å². The predicted octanol–water partition coefficient (Wildman–Crippen LogP) is 6.28. The van der Waals surface area contributed by atoms with Gasteiger partial charge in [-0.05, 0) is 68.4 Å². The highest BCUT2D eigenvalue weighted by molar-refractivity contribution is 7.80. The molecule has 1 aliphatic heterocycles. The number of pyridine rings is 1. The van der Waals surface area contributed by atoms with Gasteiger partial charge in [0.2, 0.25) is 0 Å². The maximum absolute atomic E-state index is 13.8. The Morgan fingerprint density at radius 2 is 1.82 bits per heavy atom. The Hall–Kier alpha value is -2.87. The standard InChI is InChI=1S/C25H27F3N4S/c1-4-5-14-31-23(22(30-24(31)33)20-11-8-9-13-29-20)18-15-16(2)32(17(18)3)21-12-7-6-10-19(21)25(26,27)28/h6-13,15,22-23H,4-5,14H2,1-3H3,(H,30,33)/t22-,23-/m0/s1. The van der Waals surface area contributed by atoms with Gasteiger partial charge in [-0.3, -0.25) is 4.98 Å². The quantitative estimate of drug-likeness (QED) is 0.428. The lowest BCUT2D eigenvalue weighted by atomic mass is 9.96. The van der Waals surface area contributed by atoms with Crippen LogP contribution in [0.25, 0.3) is 5.69 Å². The number of aryl methyl sites for hydroxylation is 1. The number of unbranched alkanes of at least 4 members (excludes halogenated alkanes) is 1. The van der Waals surface area contributed by atoms with Gasteiger partial charge in [-0.15, -0.1) is 0 Å². The SMILES string of the molecule is CCCCN1C(=S)N[C@@H](c2ccccn2)[C@@H]1c1cc(C)n(-c2ccccc2C(F)(F)F)c1C. The van der Waals surface area contributed by atoms with Crippen molar-refractivity contribution in [2.75, 3.05) is 6.54 Å². The first-order valence-corrected chi connectivity index (χ1v) is 11.5. The minimum atomic E-state index is -4.44. The number of benzene rings is 1. The van der Waals surface area contributed by atoms with Crippen LogP contribution in [-0.2, 0) is 6.18 Å². The molecule has 0 amide bonds. The van der Waals surface area contributed by atoms with Crippen LogP contribution in [-0.4, -0.2) is 26.1 Å². The van der Waals surface area contributed by atoms with Gasteiger partial charge in [0.1, 0.15) is 0 Å². The van der Waals surface area contributed by atoms with Crippen LogP contribution >= 0.6 is 12.2 Å². The Morgan fingerprint density at radius 1 is 1.09 bits per heavy atom. The second-order valence-corrected chi connectivity index (χ2v) is 8.74. The van der Waals surface area contributed by atoms with Crippen molar-refractivity contribution in [3.63, 3.8) is 0 Å². The van der Waals surface area contributed by atoms with Crippen molar-refractivity contribution in [1.82, 2.24) is 19.8 Å². The van der Waals surface area contributed by atoms with Gasteiger partial charge in [0.15, 0.2) is 5.11 Å². The van der Waals surface area contributed by atoms with Crippen molar-refractivity contribution < 1.29 is 13.2 Å². The van der Waals surface area contributed by atoms with E-state index in [0.717, 1.165) is 48.1 Å². The summed E-state index contributed by atoms with van der Waals surface area (Å²) in [7, 11) is 0. The fourth-order valence-electron chi connectivity index (χ4n) is 4.68. The van der Waals surface area contributed by atoms with Gasteiger partial charge in [-0.2, -0.15) is 13.2 Å². The van der Waals surface area contributed by atoms with Crippen molar-refractivity contribution in [2.24, 2.45) is 0 Å². The summed E-state index contributed by atoms with van der Waals surface area (Å²) < 4.78 is 43.1. The molecule has 1 N–H and O–H groups in total. The predicted molar refractivity (Wildman–Crippen MR) is 127 cm³/mol. The lowest BCUT2D eigenvalue weighted by Gasteiger charge is -2.28. The van der Waals surface area contributed by atoms with Crippen molar-refractivity contribution in [1.29, 1.82) is 0 Å². The smallest absolute Gasteiger partial charge is 0.352 e. The number of nitrogens with zero attached hydrogens (tertiary/aromatic N) is 3. The topological polar surface area (TPSA) is 33.1 Å². The van der Waals surface area contributed by atoms with Crippen molar-refractivity contribution in [3.05, 3.63) is 82.9 Å². The van der Waals surface area contributed by atoms with E-state index in [1.807, 2.05) is 38.1 Å². The Balaban J connectivity index is 1.86. The van der Waals surface area contributed by atoms with E-state index in [-0.39, 0.29) is 17.8 Å². The third-order valence-electron chi connectivity index (χ3n) is 6.19. The molecule has 3 heterocycles. The lowest BCUT2D eigenvalue weighted by Crippen LogP contribution is -2.30. The number of halogens is 3. The molecule has 4 rings (SSSR count). The highest BCUT2D eigenvalue weighted by Crippen LogP contribution is 2.42. The van der Waals surface area contributed by atoms with Crippen molar-refractivity contribution in [3.8, 4) is 5.69 Å². The molecule has 0 spiro atoms. The van der Waals surface area contributed by atoms with E-state index in [1.165, 1.54) is 12.1 Å². The van der Waals surface area contributed by atoms with Crippen molar-refractivity contribution in [2.45, 2.75) is 51.9 Å². The molecule has 8 heteroatoms. The number of hydrogen-bond acceptors (Lipinski definition) is 2. The fourth-order valence-corrected chi connectivity index (χ4v) is 5.01. The molecule has 1 fully saturated rings. The molecule has 2 atom stereocenters. The van der Waals surface area contributed by atoms with Crippen LogP contribution < -0.4 is 5.32 Å². The zero-order valence-electron chi connectivity index (χ0n) is 18.9. The second-order valence-electron chi connectivity index (χ2n) is 8.35. The lowest BCUT2D eigenvalue weighted by molar-refractivity contribution is -0.137. The van der Waals surface area contributed by atoms with Crippen LogP contribution in [0.2, 0.25) is 0 Å². The largest absolute Gasteiger partial charge is 0.418 e. The highest BCUT2D eigenvalue weighted by atomic mass is 32.1. The summed E-state index contributed by atoms with van der Waals surface area (Å²) >= 11 is 5.69. The molecule has 4 nitrogen and oxygen atoms in total. The number of para-hydroxylation sites is 1. The molecular formula is C25H27F3N4S. The summed E-state index contributed by atoms with van der Waals surface area (Å²) in [5.41, 5.74) is 2.79. The molecule has 1 aromatic carbocycles. The molecule has 0 saturated carbocycles. The number of rotatable bonds is 6. The first kappa shape index (κ1) is 23.3. The van der Waals surface area contributed by atoms with Gasteiger partial charge in [0, 0.05) is 24.1 Å². The Morgan fingerprint density at radius 3 is 2.48 bits per heavy atom. The van der Waals surface area contributed by atoms with Gasteiger partial charge < -0.3 is 14.8 Å². The van der Waals surface area contributed by atoms with Crippen LogP contribution in [0.15, 0.2) is 54.7 Å². The third-order valence-corrected chi connectivity index (χ3v) is 6.54. The third kappa shape index (κ3) is 4.36. The molecule has 0 bridgehead atoms. The number of hydrogen-bond donors (Lipinski definition) is 1. The Labute approximate surface area is 197 Å². The molecular weight excluding hydrogens is 445 g/mol. The molecule has 0 aliphatic carbocycles. The van der Waals surface area contributed by atoms with E-state index in [4.69, 9.17) is 12.2 Å². The molecule has 1 aliphatic rings. The number of nitrogens with one attached hydrogen (secondary N) is 1. The summed E-state index contributed by atoms with van der Waals surface area (Å²) in [4.78, 5) is 6.70. The first-order chi connectivity index (χ1) is 15.7. The summed E-state index contributed by atoms with van der Waals surface area (Å²) in [5.74, 6) is 0. The van der Waals surface area contributed by atoms with E-state index in [2.05, 4.69) is 22.1 Å². The van der Waals surface area contributed by atoms with E-state index < -0.39 is 11.7 Å². The zero-order chi connectivity index (χ0) is 23.8. The second kappa shape index (κ2) is 9.17. The average molecular weight is 473 g/mol. The molecule has 2 aromatic heterocycles. The molecule has 33 heavy (non-hydrogen) atoms. The van der Waals surface area contributed by atoms with E-state index in [0.29, 0.717) is 5.11 Å². The van der Waals surface area contributed by atoms with Crippen LogP contribution in [0.5, 0.6) is 0 Å². The minimum Gasteiger partial charge on any atom is -0.352 e. The molecule has 174 valence electrons. The van der Waals surface area contributed by atoms with Gasteiger partial charge in [-0.25, -0.2) is 0 Å². The van der Waals surface area contributed by atoms with Gasteiger partial charge >= 0.3 is 6.18 Å². The van der Waals surface area contributed by atoms with Crippen LogP contribution in [0.1, 0.15) is 60.1 Å². The Kier molecular flexibility index (Phi) is 6.47. The summed E-state index contributed by atoms with van der Waals surface area (Å²) in [6, 6.07) is 13.1. The van der Waals surface area contributed by atoms with Crippen LogP contribution in [0, 0.1) is 13.8 Å². The number of aromatic nitrogens is 2.